The van der Waals surface area contributed by atoms with Crippen molar-refractivity contribution in [3.63, 3.8) is 0 Å². The van der Waals surface area contributed by atoms with E-state index < -0.39 is 0 Å². The van der Waals surface area contributed by atoms with E-state index in [2.05, 4.69) is 25.5 Å². The van der Waals surface area contributed by atoms with Crippen molar-refractivity contribution in [3.8, 4) is 0 Å². The summed E-state index contributed by atoms with van der Waals surface area (Å²) in [6.45, 7) is 7.26. The lowest BCUT2D eigenvalue weighted by Gasteiger charge is -2.13. The van der Waals surface area contributed by atoms with Crippen molar-refractivity contribution < 1.29 is 4.79 Å². The molecule has 0 fully saturated rings. The molecule has 0 radical (unpaired) electrons. The Kier molecular flexibility index (Phi) is 6.94. The number of aromatic nitrogens is 2. The van der Waals surface area contributed by atoms with Gasteiger partial charge < -0.3 is 15.5 Å². The van der Waals surface area contributed by atoms with Crippen LogP contribution in [0.3, 0.4) is 0 Å². The Balaban J connectivity index is 2.13. The first kappa shape index (κ1) is 20.1. The van der Waals surface area contributed by atoms with Gasteiger partial charge in [0.1, 0.15) is 17.3 Å². The molecule has 0 unspecified atom stereocenters. The molecule has 7 heteroatoms. The number of carbonyl (C=O) groups is 1. The maximum Gasteiger partial charge on any atom is 0.270 e. The molecule has 2 aromatic rings. The van der Waals surface area contributed by atoms with Crippen molar-refractivity contribution in [1.82, 2.24) is 20.2 Å². The molecule has 0 aliphatic heterocycles. The van der Waals surface area contributed by atoms with E-state index in [-0.39, 0.29) is 5.91 Å². The Morgan fingerprint density at radius 3 is 2.54 bits per heavy atom. The van der Waals surface area contributed by atoms with E-state index in [0.717, 1.165) is 29.8 Å². The molecule has 1 aromatic carbocycles. The third-order valence-electron chi connectivity index (χ3n) is 3.82. The smallest absolute Gasteiger partial charge is 0.270 e. The Morgan fingerprint density at radius 1 is 1.15 bits per heavy atom. The van der Waals surface area contributed by atoms with Gasteiger partial charge in [0.2, 0.25) is 0 Å². The van der Waals surface area contributed by atoms with Gasteiger partial charge >= 0.3 is 0 Å². The molecule has 2 N–H and O–H groups in total. The molecule has 140 valence electrons. The fourth-order valence-electron chi connectivity index (χ4n) is 2.64. The molecule has 0 atom stereocenters. The van der Waals surface area contributed by atoms with Crippen LogP contribution in [0.2, 0.25) is 5.02 Å². The van der Waals surface area contributed by atoms with Crippen LogP contribution in [0.1, 0.15) is 33.9 Å². The molecular formula is C19H26ClN5O. The fourth-order valence-corrected chi connectivity index (χ4v) is 3.01. The second-order valence-corrected chi connectivity index (χ2v) is 7.07. The molecular weight excluding hydrogens is 350 g/mol. The molecule has 26 heavy (non-hydrogen) atoms. The third kappa shape index (κ3) is 5.68. The number of amides is 1. The van der Waals surface area contributed by atoms with E-state index >= 15 is 0 Å². The molecule has 0 aliphatic carbocycles. The van der Waals surface area contributed by atoms with Crippen LogP contribution in [-0.2, 0) is 0 Å². The first-order chi connectivity index (χ1) is 12.3. The molecule has 0 spiro atoms. The van der Waals surface area contributed by atoms with Crippen molar-refractivity contribution in [2.75, 3.05) is 32.5 Å². The van der Waals surface area contributed by atoms with Crippen LogP contribution in [0.5, 0.6) is 0 Å². The summed E-state index contributed by atoms with van der Waals surface area (Å²) in [4.78, 5) is 23.0. The predicted octanol–water partition coefficient (Wildman–Crippen LogP) is 3.48. The zero-order chi connectivity index (χ0) is 19.3. The average molecular weight is 376 g/mol. The van der Waals surface area contributed by atoms with Crippen molar-refractivity contribution in [1.29, 1.82) is 0 Å². The minimum Gasteiger partial charge on any atom is -0.351 e. The SMILES string of the molecule is Cc1cc(C)c(Nc2cc(C(=O)NCCCN(C)C)nc(C)n2)c(Cl)c1. The summed E-state index contributed by atoms with van der Waals surface area (Å²) in [5.74, 6) is 0.864. The Bertz CT molecular complexity index is 768. The molecule has 1 heterocycles. The molecule has 1 amide bonds. The van der Waals surface area contributed by atoms with Gasteiger partial charge in [0.05, 0.1) is 10.7 Å². The Labute approximate surface area is 160 Å². The molecule has 2 rings (SSSR count). The maximum atomic E-state index is 12.4. The highest BCUT2D eigenvalue weighted by atomic mass is 35.5. The van der Waals surface area contributed by atoms with Crippen LogP contribution in [0, 0.1) is 20.8 Å². The predicted molar refractivity (Wildman–Crippen MR) is 106 cm³/mol. The van der Waals surface area contributed by atoms with Crippen LogP contribution >= 0.6 is 11.6 Å². The number of nitrogens with one attached hydrogen (secondary N) is 2. The van der Waals surface area contributed by atoms with Crippen molar-refractivity contribution in [2.24, 2.45) is 0 Å². The Hall–Kier alpha value is -2.18. The number of nitrogens with zero attached hydrogens (tertiary/aromatic N) is 3. The monoisotopic (exact) mass is 375 g/mol. The number of aryl methyl sites for hydroxylation is 3. The minimum absolute atomic E-state index is 0.205. The summed E-state index contributed by atoms with van der Waals surface area (Å²) in [6, 6.07) is 5.58. The highest BCUT2D eigenvalue weighted by Gasteiger charge is 2.12. The van der Waals surface area contributed by atoms with Gasteiger partial charge in [-0.25, -0.2) is 9.97 Å². The zero-order valence-electron chi connectivity index (χ0n) is 16.0. The van der Waals surface area contributed by atoms with Gasteiger partial charge in [0, 0.05) is 12.6 Å². The van der Waals surface area contributed by atoms with E-state index in [9.17, 15) is 4.79 Å². The lowest BCUT2D eigenvalue weighted by molar-refractivity contribution is 0.0947. The highest BCUT2D eigenvalue weighted by molar-refractivity contribution is 6.33. The number of carbonyl (C=O) groups excluding carboxylic acids is 1. The number of anilines is 2. The van der Waals surface area contributed by atoms with Crippen LogP contribution < -0.4 is 10.6 Å². The highest BCUT2D eigenvalue weighted by Crippen LogP contribution is 2.29. The lowest BCUT2D eigenvalue weighted by Crippen LogP contribution is -2.28. The van der Waals surface area contributed by atoms with Gasteiger partial charge in [0.25, 0.3) is 5.91 Å². The second-order valence-electron chi connectivity index (χ2n) is 6.66. The van der Waals surface area contributed by atoms with Crippen molar-refractivity contribution in [3.05, 3.63) is 45.9 Å². The number of benzene rings is 1. The van der Waals surface area contributed by atoms with Crippen molar-refractivity contribution >= 4 is 29.0 Å². The topological polar surface area (TPSA) is 70.2 Å². The largest absolute Gasteiger partial charge is 0.351 e. The number of hydrogen-bond acceptors (Lipinski definition) is 5. The first-order valence-electron chi connectivity index (χ1n) is 8.58. The number of halogens is 1. The number of rotatable bonds is 7. The molecule has 0 saturated carbocycles. The summed E-state index contributed by atoms with van der Waals surface area (Å²) in [5.41, 5.74) is 3.23. The van der Waals surface area contributed by atoms with Crippen molar-refractivity contribution in [2.45, 2.75) is 27.2 Å². The van der Waals surface area contributed by atoms with E-state index in [1.54, 1.807) is 13.0 Å². The van der Waals surface area contributed by atoms with E-state index in [4.69, 9.17) is 11.6 Å². The summed E-state index contributed by atoms with van der Waals surface area (Å²) < 4.78 is 0. The van der Waals surface area contributed by atoms with Crippen LogP contribution in [0.25, 0.3) is 0 Å². The molecule has 0 aliphatic rings. The quantitative estimate of drug-likeness (QED) is 0.725. The van der Waals surface area contributed by atoms with Crippen LogP contribution in [-0.4, -0.2) is 48.0 Å². The van der Waals surface area contributed by atoms with Gasteiger partial charge in [-0.2, -0.15) is 0 Å². The van der Waals surface area contributed by atoms with Crippen LogP contribution in [0.15, 0.2) is 18.2 Å². The average Bonchev–Trinajstić information content (AvgIpc) is 2.54. The zero-order valence-corrected chi connectivity index (χ0v) is 16.7. The third-order valence-corrected chi connectivity index (χ3v) is 4.12. The Morgan fingerprint density at radius 2 is 1.88 bits per heavy atom. The maximum absolute atomic E-state index is 12.4. The van der Waals surface area contributed by atoms with Gasteiger partial charge in [-0.05, 0) is 65.0 Å². The fraction of sp³-hybridized carbons (Fsp3) is 0.421. The molecule has 0 bridgehead atoms. The number of hydrogen-bond donors (Lipinski definition) is 2. The first-order valence-corrected chi connectivity index (χ1v) is 8.96. The standard InChI is InChI=1S/C19H26ClN5O/c1-12-9-13(2)18(15(20)10-12)24-17-11-16(22-14(3)23-17)19(26)21-7-6-8-25(4)5/h9-11H,6-8H2,1-5H3,(H,21,26)(H,22,23,24). The summed E-state index contributed by atoms with van der Waals surface area (Å²) >= 11 is 6.35. The second kappa shape index (κ2) is 8.96. The van der Waals surface area contributed by atoms with Gasteiger partial charge in [-0.1, -0.05) is 17.7 Å². The minimum atomic E-state index is -0.205. The van der Waals surface area contributed by atoms with Crippen LogP contribution in [0.4, 0.5) is 11.5 Å². The van der Waals surface area contributed by atoms with Gasteiger partial charge in [0.15, 0.2) is 0 Å². The van der Waals surface area contributed by atoms with E-state index in [1.807, 2.05) is 40.1 Å². The van der Waals surface area contributed by atoms with E-state index in [1.165, 1.54) is 0 Å². The summed E-state index contributed by atoms with van der Waals surface area (Å²) in [7, 11) is 4.01. The van der Waals surface area contributed by atoms with Gasteiger partial charge in [-0.3, -0.25) is 4.79 Å². The molecule has 1 aromatic heterocycles. The van der Waals surface area contributed by atoms with Gasteiger partial charge in [-0.15, -0.1) is 0 Å². The lowest BCUT2D eigenvalue weighted by atomic mass is 10.1. The summed E-state index contributed by atoms with van der Waals surface area (Å²) in [5, 5.41) is 6.73. The molecule has 6 nitrogen and oxygen atoms in total. The normalized spacial score (nSPS) is 10.9. The molecule has 0 saturated heterocycles. The summed E-state index contributed by atoms with van der Waals surface area (Å²) in [6.07, 6.45) is 0.881. The van der Waals surface area contributed by atoms with E-state index in [0.29, 0.717) is 28.9 Å².